The molecule has 0 atom stereocenters. The quantitative estimate of drug-likeness (QED) is 0.790. The number of aryl methyl sites for hydroxylation is 1. The lowest BCUT2D eigenvalue weighted by molar-refractivity contribution is -0.117. The van der Waals surface area contributed by atoms with Crippen LogP contribution < -0.4 is 15.4 Å². The highest BCUT2D eigenvalue weighted by molar-refractivity contribution is 5.95. The summed E-state index contributed by atoms with van der Waals surface area (Å²) < 4.78 is 5.71. The minimum Gasteiger partial charge on any atom is -0.493 e. The van der Waals surface area contributed by atoms with E-state index in [1.807, 2.05) is 32.0 Å². The molecule has 5 heteroatoms. The first kappa shape index (κ1) is 18.0. The molecular formula is C21H24N2O3. The molecule has 0 unspecified atom stereocenters. The minimum absolute atomic E-state index is 0.0744. The molecule has 3 rings (SSSR count). The molecule has 0 saturated heterocycles. The monoisotopic (exact) mass is 352 g/mol. The lowest BCUT2D eigenvalue weighted by Gasteiger charge is -2.11. The fourth-order valence-electron chi connectivity index (χ4n) is 2.58. The highest BCUT2D eigenvalue weighted by atomic mass is 16.5. The van der Waals surface area contributed by atoms with E-state index >= 15 is 0 Å². The zero-order valence-corrected chi connectivity index (χ0v) is 15.2. The maximum atomic E-state index is 12.1. The van der Waals surface area contributed by atoms with E-state index in [4.69, 9.17) is 4.74 Å². The minimum atomic E-state index is -0.106. The van der Waals surface area contributed by atoms with Crippen molar-refractivity contribution in [2.24, 2.45) is 5.92 Å². The second-order valence-electron chi connectivity index (χ2n) is 6.69. The Kier molecular flexibility index (Phi) is 5.56. The standard InChI is InChI=1S/C21H24N2O3/c1-14-4-3-5-19(15(14)2)26-13-12-20(24)22-17-8-10-18(11-9-17)23-21(25)16-6-7-16/h3-5,8-11,16H,6-7,12-13H2,1-2H3,(H,22,24)(H,23,25). The smallest absolute Gasteiger partial charge is 0.227 e. The number of hydrogen-bond acceptors (Lipinski definition) is 3. The van der Waals surface area contributed by atoms with Crippen molar-refractivity contribution in [1.29, 1.82) is 0 Å². The Balaban J connectivity index is 1.44. The van der Waals surface area contributed by atoms with Crippen LogP contribution in [-0.2, 0) is 9.59 Å². The van der Waals surface area contributed by atoms with Crippen LogP contribution in [0.3, 0.4) is 0 Å². The van der Waals surface area contributed by atoms with E-state index in [1.165, 1.54) is 5.56 Å². The van der Waals surface area contributed by atoms with Crippen molar-refractivity contribution in [2.45, 2.75) is 33.1 Å². The molecule has 2 N–H and O–H groups in total. The summed E-state index contributed by atoms with van der Waals surface area (Å²) in [6, 6.07) is 13.0. The number of hydrogen-bond donors (Lipinski definition) is 2. The second-order valence-corrected chi connectivity index (χ2v) is 6.69. The summed E-state index contributed by atoms with van der Waals surface area (Å²) in [4.78, 5) is 23.8. The number of ether oxygens (including phenoxy) is 1. The van der Waals surface area contributed by atoms with Gasteiger partial charge in [0.2, 0.25) is 11.8 Å². The molecule has 1 aliphatic rings. The zero-order chi connectivity index (χ0) is 18.5. The van der Waals surface area contributed by atoms with E-state index in [9.17, 15) is 9.59 Å². The van der Waals surface area contributed by atoms with Crippen molar-refractivity contribution in [3.63, 3.8) is 0 Å². The topological polar surface area (TPSA) is 67.4 Å². The maximum Gasteiger partial charge on any atom is 0.227 e. The van der Waals surface area contributed by atoms with E-state index in [-0.39, 0.29) is 24.2 Å². The summed E-state index contributed by atoms with van der Waals surface area (Å²) >= 11 is 0. The van der Waals surface area contributed by atoms with Crippen LogP contribution in [0.5, 0.6) is 5.75 Å². The highest BCUT2D eigenvalue weighted by Gasteiger charge is 2.29. The van der Waals surface area contributed by atoms with Gasteiger partial charge in [-0.15, -0.1) is 0 Å². The molecule has 2 aromatic rings. The molecule has 26 heavy (non-hydrogen) atoms. The number of nitrogens with one attached hydrogen (secondary N) is 2. The largest absolute Gasteiger partial charge is 0.493 e. The number of benzene rings is 2. The summed E-state index contributed by atoms with van der Waals surface area (Å²) in [5.74, 6) is 0.954. The van der Waals surface area contributed by atoms with E-state index in [1.54, 1.807) is 24.3 Å². The third-order valence-corrected chi connectivity index (χ3v) is 4.53. The number of amides is 2. The van der Waals surface area contributed by atoms with Crippen LogP contribution in [0.4, 0.5) is 11.4 Å². The van der Waals surface area contributed by atoms with E-state index in [0.717, 1.165) is 29.8 Å². The molecule has 5 nitrogen and oxygen atoms in total. The Hall–Kier alpha value is -2.82. The summed E-state index contributed by atoms with van der Waals surface area (Å²) in [5.41, 5.74) is 3.71. The van der Waals surface area contributed by atoms with E-state index in [0.29, 0.717) is 12.3 Å². The van der Waals surface area contributed by atoms with Crippen molar-refractivity contribution < 1.29 is 14.3 Å². The van der Waals surface area contributed by atoms with Crippen LogP contribution >= 0.6 is 0 Å². The van der Waals surface area contributed by atoms with Gasteiger partial charge in [-0.25, -0.2) is 0 Å². The van der Waals surface area contributed by atoms with E-state index in [2.05, 4.69) is 10.6 Å². The van der Waals surface area contributed by atoms with Crippen LogP contribution in [-0.4, -0.2) is 18.4 Å². The van der Waals surface area contributed by atoms with Gasteiger partial charge in [-0.05, 0) is 68.1 Å². The fourth-order valence-corrected chi connectivity index (χ4v) is 2.58. The van der Waals surface area contributed by atoms with Crippen molar-refractivity contribution in [1.82, 2.24) is 0 Å². The molecule has 0 aromatic heterocycles. The van der Waals surface area contributed by atoms with Crippen LogP contribution in [0.15, 0.2) is 42.5 Å². The van der Waals surface area contributed by atoms with Gasteiger partial charge in [-0.1, -0.05) is 12.1 Å². The molecule has 0 bridgehead atoms. The molecular weight excluding hydrogens is 328 g/mol. The van der Waals surface area contributed by atoms with Gasteiger partial charge in [0.1, 0.15) is 5.75 Å². The van der Waals surface area contributed by atoms with Gasteiger partial charge in [0, 0.05) is 17.3 Å². The molecule has 2 aromatic carbocycles. The first-order chi connectivity index (χ1) is 12.5. The molecule has 0 heterocycles. The van der Waals surface area contributed by atoms with Crippen LogP contribution in [0.2, 0.25) is 0 Å². The first-order valence-corrected chi connectivity index (χ1v) is 8.93. The SMILES string of the molecule is Cc1cccc(OCCC(=O)Nc2ccc(NC(=O)C3CC3)cc2)c1C. The number of carbonyl (C=O) groups is 2. The summed E-state index contributed by atoms with van der Waals surface area (Å²) in [6.07, 6.45) is 2.22. The third kappa shape index (κ3) is 4.85. The van der Waals surface area contributed by atoms with E-state index < -0.39 is 0 Å². The van der Waals surface area contributed by atoms with Gasteiger partial charge in [0.15, 0.2) is 0 Å². The maximum absolute atomic E-state index is 12.1. The Morgan fingerprint density at radius 3 is 2.31 bits per heavy atom. The van der Waals surface area contributed by atoms with Gasteiger partial charge in [-0.3, -0.25) is 9.59 Å². The van der Waals surface area contributed by atoms with Crippen molar-refractivity contribution in [3.8, 4) is 5.75 Å². The van der Waals surface area contributed by atoms with Crippen LogP contribution in [0.1, 0.15) is 30.4 Å². The molecule has 0 radical (unpaired) electrons. The second kappa shape index (κ2) is 8.04. The van der Waals surface area contributed by atoms with Crippen LogP contribution in [0.25, 0.3) is 0 Å². The normalized spacial score (nSPS) is 13.2. The average Bonchev–Trinajstić information content (AvgIpc) is 3.45. The summed E-state index contributed by atoms with van der Waals surface area (Å²) in [7, 11) is 0. The van der Waals surface area contributed by atoms with Gasteiger partial charge < -0.3 is 15.4 Å². The van der Waals surface area contributed by atoms with Crippen molar-refractivity contribution in [3.05, 3.63) is 53.6 Å². The molecule has 0 spiro atoms. The molecule has 1 aliphatic carbocycles. The Labute approximate surface area is 153 Å². The molecule has 2 amide bonds. The fraction of sp³-hybridized carbons (Fsp3) is 0.333. The zero-order valence-electron chi connectivity index (χ0n) is 15.2. The Morgan fingerprint density at radius 1 is 1.00 bits per heavy atom. The number of carbonyl (C=O) groups excluding carboxylic acids is 2. The Bertz CT molecular complexity index is 795. The van der Waals surface area contributed by atoms with Crippen molar-refractivity contribution >= 4 is 23.2 Å². The average molecular weight is 352 g/mol. The highest BCUT2D eigenvalue weighted by Crippen LogP contribution is 2.30. The van der Waals surface area contributed by atoms with Gasteiger partial charge in [-0.2, -0.15) is 0 Å². The van der Waals surface area contributed by atoms with Gasteiger partial charge in [0.05, 0.1) is 13.0 Å². The molecule has 1 saturated carbocycles. The number of anilines is 2. The summed E-state index contributed by atoms with van der Waals surface area (Å²) in [6.45, 7) is 4.37. The predicted molar refractivity (Wildman–Crippen MR) is 102 cm³/mol. The predicted octanol–water partition coefficient (Wildman–Crippen LogP) is 4.06. The third-order valence-electron chi connectivity index (χ3n) is 4.53. The summed E-state index contributed by atoms with van der Waals surface area (Å²) in [5, 5.41) is 5.71. The molecule has 136 valence electrons. The van der Waals surface area contributed by atoms with Gasteiger partial charge in [0.25, 0.3) is 0 Å². The number of rotatable bonds is 7. The van der Waals surface area contributed by atoms with Crippen molar-refractivity contribution in [2.75, 3.05) is 17.2 Å². The molecule has 1 fully saturated rings. The lowest BCUT2D eigenvalue weighted by Crippen LogP contribution is -2.16. The lowest BCUT2D eigenvalue weighted by atomic mass is 10.1. The first-order valence-electron chi connectivity index (χ1n) is 8.93. The van der Waals surface area contributed by atoms with Gasteiger partial charge >= 0.3 is 0 Å². The Morgan fingerprint density at radius 2 is 1.65 bits per heavy atom. The molecule has 0 aliphatic heterocycles. The van der Waals surface area contributed by atoms with Crippen LogP contribution in [0, 0.1) is 19.8 Å².